The summed E-state index contributed by atoms with van der Waals surface area (Å²) in [7, 11) is 0. The highest BCUT2D eigenvalue weighted by atomic mass is 35.5. The van der Waals surface area contributed by atoms with E-state index in [4.69, 9.17) is 11.6 Å². The summed E-state index contributed by atoms with van der Waals surface area (Å²) in [6, 6.07) is 15.0. The first-order valence-electron chi connectivity index (χ1n) is 8.37. The van der Waals surface area contributed by atoms with E-state index in [0.29, 0.717) is 16.3 Å². The average Bonchev–Trinajstić information content (AvgIpc) is 2.99. The Hall–Kier alpha value is -2.37. The first-order chi connectivity index (χ1) is 12.5. The molecule has 6 heteroatoms. The van der Waals surface area contributed by atoms with Crippen molar-refractivity contribution in [1.82, 2.24) is 5.32 Å². The maximum atomic E-state index is 12.6. The molecule has 2 aromatic carbocycles. The summed E-state index contributed by atoms with van der Waals surface area (Å²) in [5.74, 6) is -0.217. The quantitative estimate of drug-likeness (QED) is 0.617. The normalized spacial score (nSPS) is 12.0. The zero-order chi connectivity index (χ0) is 18.7. The second-order valence-corrected chi connectivity index (χ2v) is 7.39. The minimum Gasteiger partial charge on any atom is -0.345 e. The summed E-state index contributed by atoms with van der Waals surface area (Å²) in [4.78, 5) is 24.6. The average molecular weight is 387 g/mol. The van der Waals surface area contributed by atoms with Crippen LogP contribution in [0.3, 0.4) is 0 Å². The Morgan fingerprint density at radius 3 is 2.46 bits per heavy atom. The maximum Gasteiger partial charge on any atom is 0.263 e. The van der Waals surface area contributed by atoms with Gasteiger partial charge in [-0.05, 0) is 30.7 Å². The van der Waals surface area contributed by atoms with Crippen LogP contribution in [0.15, 0.2) is 48.5 Å². The lowest BCUT2D eigenvalue weighted by atomic mass is 10.1. The van der Waals surface area contributed by atoms with Crippen molar-refractivity contribution >= 4 is 50.5 Å². The van der Waals surface area contributed by atoms with Crippen molar-refractivity contribution in [3.8, 4) is 0 Å². The number of hydrogen-bond donors (Lipinski definition) is 2. The van der Waals surface area contributed by atoms with Gasteiger partial charge in [0.1, 0.15) is 4.88 Å². The molecule has 0 bridgehead atoms. The summed E-state index contributed by atoms with van der Waals surface area (Å²) in [6.45, 7) is 3.72. The SMILES string of the molecule is CCC(=O)Nc1ccc(C(C)NC(=O)c2sc3ccccc3c2Cl)cc1. The van der Waals surface area contributed by atoms with Crippen molar-refractivity contribution < 1.29 is 9.59 Å². The molecule has 0 fully saturated rings. The topological polar surface area (TPSA) is 58.2 Å². The van der Waals surface area contributed by atoms with Crippen molar-refractivity contribution in [2.75, 3.05) is 5.32 Å². The number of rotatable bonds is 5. The van der Waals surface area contributed by atoms with Gasteiger partial charge in [-0.3, -0.25) is 9.59 Å². The van der Waals surface area contributed by atoms with E-state index in [1.54, 1.807) is 6.92 Å². The van der Waals surface area contributed by atoms with E-state index in [2.05, 4.69) is 10.6 Å². The Morgan fingerprint density at radius 1 is 1.12 bits per heavy atom. The monoisotopic (exact) mass is 386 g/mol. The zero-order valence-corrected chi connectivity index (χ0v) is 16.1. The van der Waals surface area contributed by atoms with Crippen molar-refractivity contribution in [3.63, 3.8) is 0 Å². The van der Waals surface area contributed by atoms with Crippen LogP contribution in [-0.2, 0) is 4.79 Å². The molecule has 4 nitrogen and oxygen atoms in total. The Balaban J connectivity index is 1.72. The molecule has 1 atom stereocenters. The number of anilines is 1. The molecule has 134 valence electrons. The number of nitrogens with one attached hydrogen (secondary N) is 2. The number of amides is 2. The van der Waals surface area contributed by atoms with Gasteiger partial charge in [0.05, 0.1) is 11.1 Å². The summed E-state index contributed by atoms with van der Waals surface area (Å²) in [6.07, 6.45) is 0.435. The van der Waals surface area contributed by atoms with E-state index in [-0.39, 0.29) is 17.9 Å². The van der Waals surface area contributed by atoms with Crippen molar-refractivity contribution in [3.05, 3.63) is 64.0 Å². The van der Waals surface area contributed by atoms with Gasteiger partial charge >= 0.3 is 0 Å². The van der Waals surface area contributed by atoms with E-state index in [9.17, 15) is 9.59 Å². The summed E-state index contributed by atoms with van der Waals surface area (Å²) in [5, 5.41) is 7.18. The number of carbonyl (C=O) groups excluding carboxylic acids is 2. The fraction of sp³-hybridized carbons (Fsp3) is 0.200. The molecule has 0 spiro atoms. The van der Waals surface area contributed by atoms with Gasteiger partial charge in [-0.2, -0.15) is 0 Å². The lowest BCUT2D eigenvalue weighted by Crippen LogP contribution is -2.26. The summed E-state index contributed by atoms with van der Waals surface area (Å²) < 4.78 is 0.992. The largest absolute Gasteiger partial charge is 0.345 e. The van der Waals surface area contributed by atoms with Crippen molar-refractivity contribution in [2.24, 2.45) is 0 Å². The molecule has 0 aliphatic heterocycles. The molecule has 0 saturated heterocycles. The molecule has 1 unspecified atom stereocenters. The lowest BCUT2D eigenvalue weighted by molar-refractivity contribution is -0.115. The Morgan fingerprint density at radius 2 is 1.81 bits per heavy atom. The predicted molar refractivity (Wildman–Crippen MR) is 108 cm³/mol. The number of carbonyl (C=O) groups is 2. The highest BCUT2D eigenvalue weighted by Gasteiger charge is 2.19. The smallest absolute Gasteiger partial charge is 0.263 e. The third-order valence-electron chi connectivity index (χ3n) is 4.10. The molecular formula is C20H19ClN2O2S. The minimum atomic E-state index is -0.188. The molecule has 1 heterocycles. The van der Waals surface area contributed by atoms with Gasteiger partial charge in [0.15, 0.2) is 0 Å². The van der Waals surface area contributed by atoms with E-state index >= 15 is 0 Å². The number of fused-ring (bicyclic) bond motifs is 1. The third-order valence-corrected chi connectivity index (χ3v) is 5.78. The van der Waals surface area contributed by atoms with Crippen LogP contribution >= 0.6 is 22.9 Å². The molecule has 3 rings (SSSR count). The number of halogens is 1. The molecule has 26 heavy (non-hydrogen) atoms. The van der Waals surface area contributed by atoms with Gasteiger partial charge in [-0.25, -0.2) is 0 Å². The molecule has 1 aromatic heterocycles. The minimum absolute atomic E-state index is 0.0292. The molecule has 0 saturated carbocycles. The number of benzene rings is 2. The van der Waals surface area contributed by atoms with Gasteiger partial charge < -0.3 is 10.6 Å². The van der Waals surface area contributed by atoms with Gasteiger partial charge in [-0.1, -0.05) is 48.9 Å². The Labute approximate surface area is 161 Å². The first-order valence-corrected chi connectivity index (χ1v) is 9.56. The molecular weight excluding hydrogens is 368 g/mol. The van der Waals surface area contributed by atoms with Crippen molar-refractivity contribution in [1.29, 1.82) is 0 Å². The van der Waals surface area contributed by atoms with Gasteiger partial charge in [0.2, 0.25) is 5.91 Å². The first kappa shape index (κ1) is 18.4. The van der Waals surface area contributed by atoms with Crippen LogP contribution < -0.4 is 10.6 Å². The van der Waals surface area contributed by atoms with Crippen molar-refractivity contribution in [2.45, 2.75) is 26.3 Å². The maximum absolute atomic E-state index is 12.6. The number of thiophene rings is 1. The molecule has 0 radical (unpaired) electrons. The molecule has 0 aliphatic rings. The molecule has 0 aliphatic carbocycles. The standard InChI is InChI=1S/C20H19ClN2O2S/c1-3-17(24)23-14-10-8-13(9-11-14)12(2)22-20(25)19-18(21)15-6-4-5-7-16(15)26-19/h4-12H,3H2,1-2H3,(H,22,25)(H,23,24). The van der Waals surface area contributed by atoms with Crippen LogP contribution in [0.4, 0.5) is 5.69 Å². The zero-order valence-electron chi connectivity index (χ0n) is 14.5. The van der Waals surface area contributed by atoms with E-state index < -0.39 is 0 Å². The van der Waals surface area contributed by atoms with Crippen LogP contribution in [0, 0.1) is 0 Å². The van der Waals surface area contributed by atoms with Crippen LogP contribution in [0.5, 0.6) is 0 Å². The van der Waals surface area contributed by atoms with Crippen LogP contribution in [0.1, 0.15) is 41.5 Å². The van der Waals surface area contributed by atoms with Crippen LogP contribution in [-0.4, -0.2) is 11.8 Å². The van der Waals surface area contributed by atoms with Gasteiger partial charge in [-0.15, -0.1) is 11.3 Å². The van der Waals surface area contributed by atoms with Crippen LogP contribution in [0.2, 0.25) is 5.02 Å². The third kappa shape index (κ3) is 3.89. The predicted octanol–water partition coefficient (Wildman–Crippen LogP) is 5.39. The van der Waals surface area contributed by atoms with E-state index in [1.165, 1.54) is 11.3 Å². The highest BCUT2D eigenvalue weighted by Crippen LogP contribution is 2.35. The fourth-order valence-corrected chi connectivity index (χ4v) is 4.03. The summed E-state index contributed by atoms with van der Waals surface area (Å²) >= 11 is 7.76. The van der Waals surface area contributed by atoms with Gasteiger partial charge in [0.25, 0.3) is 5.91 Å². The van der Waals surface area contributed by atoms with Gasteiger partial charge in [0, 0.05) is 22.2 Å². The molecule has 2 amide bonds. The van der Waals surface area contributed by atoms with Crippen LogP contribution in [0.25, 0.3) is 10.1 Å². The Bertz CT molecular complexity index is 950. The fourth-order valence-electron chi connectivity index (χ4n) is 2.61. The molecule has 3 aromatic rings. The van der Waals surface area contributed by atoms with E-state index in [1.807, 2.05) is 55.5 Å². The van der Waals surface area contributed by atoms with E-state index in [0.717, 1.165) is 21.3 Å². The number of hydrogen-bond acceptors (Lipinski definition) is 3. The molecule has 2 N–H and O–H groups in total. The highest BCUT2D eigenvalue weighted by molar-refractivity contribution is 7.21. The Kier molecular flexibility index (Phi) is 5.59. The summed E-state index contributed by atoms with van der Waals surface area (Å²) in [5.41, 5.74) is 1.69. The second-order valence-electron chi connectivity index (χ2n) is 5.96. The lowest BCUT2D eigenvalue weighted by Gasteiger charge is -2.14. The second kappa shape index (κ2) is 7.89.